The highest BCUT2D eigenvalue weighted by Gasteiger charge is 2.39. The molecule has 1 atom stereocenters. The second kappa shape index (κ2) is 8.93. The second-order valence-electron chi connectivity index (χ2n) is 7.31. The number of alkyl halides is 3. The first kappa shape index (κ1) is 23.8. The molecule has 1 saturated carbocycles. The standard InChI is InChI=1S/C20H22F3N3O5S/c1-5-31-19(29)15-9(2)14(18(28)30-4)17(32-15)24-16(27)10(3)26-12(11-6-7-11)8-13(25-26)20(21,22)23/h8,10-11H,5-7H2,1-4H3,(H,24,27). The van der Waals surface area contributed by atoms with E-state index in [4.69, 9.17) is 9.47 Å². The summed E-state index contributed by atoms with van der Waals surface area (Å²) in [5.41, 5.74) is -0.464. The summed E-state index contributed by atoms with van der Waals surface area (Å²) in [4.78, 5) is 37.5. The number of thiophene rings is 1. The Bertz CT molecular complexity index is 1060. The number of halogens is 3. The van der Waals surface area contributed by atoms with E-state index in [2.05, 4.69) is 10.4 Å². The van der Waals surface area contributed by atoms with Crippen LogP contribution in [-0.4, -0.2) is 41.3 Å². The Morgan fingerprint density at radius 3 is 2.50 bits per heavy atom. The van der Waals surface area contributed by atoms with Crippen molar-refractivity contribution >= 4 is 34.2 Å². The van der Waals surface area contributed by atoms with E-state index in [0.717, 1.165) is 42.0 Å². The van der Waals surface area contributed by atoms with Crippen molar-refractivity contribution < 1.29 is 37.0 Å². The van der Waals surface area contributed by atoms with E-state index in [9.17, 15) is 27.6 Å². The minimum Gasteiger partial charge on any atom is -0.465 e. The van der Waals surface area contributed by atoms with Gasteiger partial charge < -0.3 is 14.8 Å². The van der Waals surface area contributed by atoms with Crippen LogP contribution in [0.15, 0.2) is 6.07 Å². The largest absolute Gasteiger partial charge is 0.465 e. The minimum atomic E-state index is -4.64. The van der Waals surface area contributed by atoms with Crippen LogP contribution in [0.3, 0.4) is 0 Å². The van der Waals surface area contributed by atoms with Crippen LogP contribution < -0.4 is 5.32 Å². The van der Waals surface area contributed by atoms with E-state index in [1.165, 1.54) is 13.8 Å². The molecule has 1 aliphatic carbocycles. The molecule has 2 aromatic heterocycles. The quantitative estimate of drug-likeness (QED) is 0.602. The number of ether oxygens (including phenoxy) is 2. The summed E-state index contributed by atoms with van der Waals surface area (Å²) in [5, 5.41) is 6.22. The first-order valence-corrected chi connectivity index (χ1v) is 10.7. The SMILES string of the molecule is CCOC(=O)c1sc(NC(=O)C(C)n2nc(C(F)(F)F)cc2C2CC2)c(C(=O)OC)c1C. The zero-order chi connectivity index (χ0) is 23.8. The van der Waals surface area contributed by atoms with Gasteiger partial charge in [0.05, 0.1) is 19.3 Å². The third-order valence-electron chi connectivity index (χ3n) is 5.03. The number of rotatable bonds is 7. The van der Waals surface area contributed by atoms with Gasteiger partial charge in [-0.15, -0.1) is 11.3 Å². The molecule has 3 rings (SSSR count). The number of esters is 2. The zero-order valence-corrected chi connectivity index (χ0v) is 18.6. The number of hydrogen-bond donors (Lipinski definition) is 1. The molecule has 2 aromatic rings. The van der Waals surface area contributed by atoms with Gasteiger partial charge in [-0.3, -0.25) is 9.48 Å². The van der Waals surface area contributed by atoms with Crippen LogP contribution in [-0.2, 0) is 20.4 Å². The van der Waals surface area contributed by atoms with Crippen LogP contribution in [0.4, 0.5) is 18.2 Å². The normalized spacial score (nSPS) is 14.7. The van der Waals surface area contributed by atoms with Crippen molar-refractivity contribution in [3.63, 3.8) is 0 Å². The number of nitrogens with zero attached hydrogens (tertiary/aromatic N) is 2. The number of carbonyl (C=O) groups excluding carboxylic acids is 3. The Kier molecular flexibility index (Phi) is 6.63. The van der Waals surface area contributed by atoms with E-state index >= 15 is 0 Å². The molecule has 1 fully saturated rings. The van der Waals surface area contributed by atoms with Crippen molar-refractivity contribution in [1.82, 2.24) is 9.78 Å². The maximum Gasteiger partial charge on any atom is 0.435 e. The summed E-state index contributed by atoms with van der Waals surface area (Å²) in [7, 11) is 1.15. The number of amides is 1. The third kappa shape index (κ3) is 4.64. The smallest absolute Gasteiger partial charge is 0.435 e. The third-order valence-corrected chi connectivity index (χ3v) is 6.22. The van der Waals surface area contributed by atoms with E-state index in [1.807, 2.05) is 0 Å². The van der Waals surface area contributed by atoms with Crippen LogP contribution >= 0.6 is 11.3 Å². The average Bonchev–Trinajstić information content (AvgIpc) is 3.38. The molecule has 174 valence electrons. The van der Waals surface area contributed by atoms with Gasteiger partial charge in [0.1, 0.15) is 15.9 Å². The molecule has 12 heteroatoms. The first-order valence-electron chi connectivity index (χ1n) is 9.85. The Balaban J connectivity index is 1.93. The Morgan fingerprint density at radius 2 is 1.97 bits per heavy atom. The highest BCUT2D eigenvalue weighted by molar-refractivity contribution is 7.18. The lowest BCUT2D eigenvalue weighted by atomic mass is 10.1. The molecule has 1 aliphatic rings. The zero-order valence-electron chi connectivity index (χ0n) is 17.8. The van der Waals surface area contributed by atoms with Gasteiger partial charge in [0.25, 0.3) is 0 Å². The number of carbonyl (C=O) groups is 3. The monoisotopic (exact) mass is 473 g/mol. The van der Waals surface area contributed by atoms with Gasteiger partial charge in [-0.2, -0.15) is 18.3 Å². The van der Waals surface area contributed by atoms with E-state index in [0.29, 0.717) is 5.69 Å². The van der Waals surface area contributed by atoms with Crippen molar-refractivity contribution in [1.29, 1.82) is 0 Å². The van der Waals surface area contributed by atoms with Gasteiger partial charge in [0, 0.05) is 11.6 Å². The fraction of sp³-hybridized carbons (Fsp3) is 0.500. The number of hydrogen-bond acceptors (Lipinski definition) is 7. The summed E-state index contributed by atoms with van der Waals surface area (Å²) in [5.74, 6) is -2.20. The summed E-state index contributed by atoms with van der Waals surface area (Å²) in [6, 6.07) is -0.129. The van der Waals surface area contributed by atoms with Gasteiger partial charge in [-0.1, -0.05) is 0 Å². The number of nitrogens with one attached hydrogen (secondary N) is 1. The van der Waals surface area contributed by atoms with Crippen LogP contribution in [0.5, 0.6) is 0 Å². The van der Waals surface area contributed by atoms with Crippen LogP contribution in [0.25, 0.3) is 0 Å². The molecule has 1 N–H and O–H groups in total. The van der Waals surface area contributed by atoms with E-state index < -0.39 is 35.8 Å². The maximum atomic E-state index is 13.2. The molecule has 0 bridgehead atoms. The lowest BCUT2D eigenvalue weighted by molar-refractivity contribution is -0.141. The molecule has 2 heterocycles. The van der Waals surface area contributed by atoms with Crippen LogP contribution in [0.1, 0.15) is 75.6 Å². The molecule has 0 spiro atoms. The van der Waals surface area contributed by atoms with Crippen molar-refractivity contribution in [3.05, 3.63) is 33.5 Å². The molecule has 0 saturated heterocycles. The topological polar surface area (TPSA) is 99.5 Å². The van der Waals surface area contributed by atoms with Gasteiger partial charge in [-0.25, -0.2) is 9.59 Å². The molecule has 8 nitrogen and oxygen atoms in total. The summed E-state index contributed by atoms with van der Waals surface area (Å²) < 4.78 is 50.3. The first-order chi connectivity index (χ1) is 15.0. The van der Waals surface area contributed by atoms with Gasteiger partial charge in [0.15, 0.2) is 5.69 Å². The van der Waals surface area contributed by atoms with Crippen molar-refractivity contribution in [2.24, 2.45) is 0 Å². The summed E-state index contributed by atoms with van der Waals surface area (Å²) >= 11 is 0.834. The predicted octanol–water partition coefficient (Wildman–Crippen LogP) is 4.31. The Morgan fingerprint density at radius 1 is 1.31 bits per heavy atom. The second-order valence-corrected chi connectivity index (χ2v) is 8.33. The van der Waals surface area contributed by atoms with E-state index in [-0.39, 0.29) is 33.5 Å². The lowest BCUT2D eigenvalue weighted by Gasteiger charge is -2.15. The molecule has 0 aromatic carbocycles. The number of anilines is 1. The van der Waals surface area contributed by atoms with Gasteiger partial charge in [-0.05, 0) is 45.2 Å². The summed E-state index contributed by atoms with van der Waals surface area (Å²) in [6.07, 6.45) is -3.20. The minimum absolute atomic E-state index is 0.0139. The lowest BCUT2D eigenvalue weighted by Crippen LogP contribution is -2.26. The van der Waals surface area contributed by atoms with Crippen LogP contribution in [0, 0.1) is 6.92 Å². The molecular weight excluding hydrogens is 451 g/mol. The fourth-order valence-electron chi connectivity index (χ4n) is 3.21. The van der Waals surface area contributed by atoms with Crippen molar-refractivity contribution in [2.75, 3.05) is 19.0 Å². The van der Waals surface area contributed by atoms with Crippen molar-refractivity contribution in [2.45, 2.75) is 51.7 Å². The molecule has 1 amide bonds. The van der Waals surface area contributed by atoms with E-state index in [1.54, 1.807) is 6.92 Å². The summed E-state index contributed by atoms with van der Waals surface area (Å²) in [6.45, 7) is 4.68. The van der Waals surface area contributed by atoms with Crippen molar-refractivity contribution in [3.8, 4) is 0 Å². The maximum absolute atomic E-state index is 13.2. The fourth-order valence-corrected chi connectivity index (χ4v) is 4.30. The highest BCUT2D eigenvalue weighted by atomic mass is 32.1. The van der Waals surface area contributed by atoms with Gasteiger partial charge >= 0.3 is 18.1 Å². The molecule has 0 aliphatic heterocycles. The Labute approximate surface area is 185 Å². The molecule has 1 unspecified atom stereocenters. The highest BCUT2D eigenvalue weighted by Crippen LogP contribution is 2.43. The van der Waals surface area contributed by atoms with Crippen LogP contribution in [0.2, 0.25) is 0 Å². The molecule has 32 heavy (non-hydrogen) atoms. The molecule has 0 radical (unpaired) electrons. The molecular formula is C20H22F3N3O5S. The number of methoxy groups -OCH3 is 1. The Hall–Kier alpha value is -2.89. The van der Waals surface area contributed by atoms with Gasteiger partial charge in [0.2, 0.25) is 5.91 Å². The predicted molar refractivity (Wildman–Crippen MR) is 109 cm³/mol. The average molecular weight is 473 g/mol. The number of aromatic nitrogens is 2.